The first kappa shape index (κ1) is 27.5. The summed E-state index contributed by atoms with van der Waals surface area (Å²) in [6.45, 7) is 4.67. The second kappa shape index (κ2) is 10.6. The van der Waals surface area contributed by atoms with Crippen LogP contribution in [0.5, 0.6) is 0 Å². The molecule has 2 heteroatoms. The molecule has 0 bridgehead atoms. The number of fused-ring (bicyclic) bond motifs is 6. The predicted molar refractivity (Wildman–Crippen MR) is 198 cm³/mol. The molecule has 0 unspecified atom stereocenters. The van der Waals surface area contributed by atoms with Crippen LogP contribution < -0.4 is 4.90 Å². The highest BCUT2D eigenvalue weighted by molar-refractivity contribution is 6.10. The van der Waals surface area contributed by atoms with E-state index in [9.17, 15) is 0 Å². The maximum atomic E-state index is 2.38. The quantitative estimate of drug-likeness (QED) is 0.190. The van der Waals surface area contributed by atoms with Crippen LogP contribution in [0.25, 0.3) is 49.7 Å². The Balaban J connectivity index is 1.14. The van der Waals surface area contributed by atoms with Gasteiger partial charge in [0.05, 0.1) is 11.0 Å². The summed E-state index contributed by atoms with van der Waals surface area (Å²) in [5.41, 5.74) is 14.9. The summed E-state index contributed by atoms with van der Waals surface area (Å²) in [5, 5.41) is 2.53. The van der Waals surface area contributed by atoms with Crippen LogP contribution in [0.15, 0.2) is 170 Å². The summed E-state index contributed by atoms with van der Waals surface area (Å²) in [6, 6.07) is 61.8. The van der Waals surface area contributed by atoms with Crippen molar-refractivity contribution in [3.8, 4) is 27.9 Å². The first-order chi connectivity index (χ1) is 23.1. The van der Waals surface area contributed by atoms with Gasteiger partial charge < -0.3 is 9.47 Å². The van der Waals surface area contributed by atoms with Crippen molar-refractivity contribution in [2.75, 3.05) is 4.90 Å². The van der Waals surface area contributed by atoms with Crippen molar-refractivity contribution in [1.82, 2.24) is 4.57 Å². The third kappa shape index (κ3) is 4.33. The first-order valence-electron chi connectivity index (χ1n) is 16.4. The third-order valence-electron chi connectivity index (χ3n) is 9.99. The molecule has 0 aliphatic heterocycles. The molecule has 0 atom stereocenters. The summed E-state index contributed by atoms with van der Waals surface area (Å²) in [6.07, 6.45) is 0. The van der Waals surface area contributed by atoms with Crippen LogP contribution in [-0.4, -0.2) is 4.57 Å². The molecule has 9 rings (SSSR count). The smallest absolute Gasteiger partial charge is 0.0541 e. The van der Waals surface area contributed by atoms with Gasteiger partial charge in [-0.1, -0.05) is 117 Å². The van der Waals surface area contributed by atoms with E-state index in [0.29, 0.717) is 0 Å². The van der Waals surface area contributed by atoms with Crippen LogP contribution in [0.3, 0.4) is 0 Å². The van der Waals surface area contributed by atoms with E-state index in [4.69, 9.17) is 0 Å². The molecule has 1 aliphatic carbocycles. The van der Waals surface area contributed by atoms with E-state index in [1.807, 2.05) is 0 Å². The van der Waals surface area contributed by atoms with Gasteiger partial charge in [0, 0.05) is 38.9 Å². The number of hydrogen-bond donors (Lipinski definition) is 0. The molecule has 1 aromatic heterocycles. The van der Waals surface area contributed by atoms with Gasteiger partial charge in [-0.3, -0.25) is 0 Å². The highest BCUT2D eigenvalue weighted by Gasteiger charge is 2.35. The number of nitrogens with zero attached hydrogens (tertiary/aromatic N) is 2. The molecule has 0 saturated heterocycles. The molecule has 0 N–H and O–H groups in total. The van der Waals surface area contributed by atoms with Crippen LogP contribution >= 0.6 is 0 Å². The normalized spacial score (nSPS) is 13.1. The van der Waals surface area contributed by atoms with Crippen LogP contribution in [0.2, 0.25) is 0 Å². The monoisotopic (exact) mass is 602 g/mol. The van der Waals surface area contributed by atoms with Gasteiger partial charge in [0.25, 0.3) is 0 Å². The van der Waals surface area contributed by atoms with E-state index in [-0.39, 0.29) is 5.41 Å². The Morgan fingerprint density at radius 2 is 1.02 bits per heavy atom. The van der Waals surface area contributed by atoms with Crippen molar-refractivity contribution in [1.29, 1.82) is 0 Å². The van der Waals surface area contributed by atoms with Crippen molar-refractivity contribution in [2.45, 2.75) is 19.3 Å². The molecule has 0 radical (unpaired) electrons. The highest BCUT2D eigenvalue weighted by atomic mass is 15.1. The molecular weight excluding hydrogens is 569 g/mol. The fourth-order valence-electron chi connectivity index (χ4n) is 7.68. The first-order valence-corrected chi connectivity index (χ1v) is 16.4. The van der Waals surface area contributed by atoms with E-state index in [2.05, 4.69) is 193 Å². The third-order valence-corrected chi connectivity index (χ3v) is 9.99. The van der Waals surface area contributed by atoms with Crippen LogP contribution in [0.1, 0.15) is 25.0 Å². The minimum Gasteiger partial charge on any atom is -0.310 e. The largest absolute Gasteiger partial charge is 0.310 e. The Kier molecular flexibility index (Phi) is 6.20. The SMILES string of the molecule is CC1(C)c2ccccc2-c2cc(N(c3ccccc3)c3ccc(-c4ccc5c(c4)c4ccccc4n5-c4ccccc4)cc3)ccc21. The summed E-state index contributed by atoms with van der Waals surface area (Å²) >= 11 is 0. The average molecular weight is 603 g/mol. The second-order valence-electron chi connectivity index (χ2n) is 13.0. The maximum Gasteiger partial charge on any atom is 0.0541 e. The molecule has 0 saturated carbocycles. The van der Waals surface area contributed by atoms with E-state index in [1.165, 1.54) is 60.9 Å². The number of para-hydroxylation sites is 3. The highest BCUT2D eigenvalue weighted by Crippen LogP contribution is 2.50. The molecule has 7 aromatic carbocycles. The van der Waals surface area contributed by atoms with Crippen molar-refractivity contribution in [3.05, 3.63) is 181 Å². The molecule has 1 heterocycles. The lowest BCUT2D eigenvalue weighted by molar-refractivity contribution is 0.660. The zero-order valence-electron chi connectivity index (χ0n) is 26.6. The number of aromatic nitrogens is 1. The molecule has 0 spiro atoms. The van der Waals surface area contributed by atoms with Crippen LogP contribution in [0.4, 0.5) is 17.1 Å². The van der Waals surface area contributed by atoms with Gasteiger partial charge in [-0.2, -0.15) is 0 Å². The van der Waals surface area contributed by atoms with E-state index in [0.717, 1.165) is 17.1 Å². The minimum absolute atomic E-state index is 0.0157. The molecule has 1 aliphatic rings. The predicted octanol–water partition coefficient (Wildman–Crippen LogP) is 12.2. The van der Waals surface area contributed by atoms with Gasteiger partial charge in [-0.05, 0) is 100 Å². The Morgan fingerprint density at radius 3 is 1.83 bits per heavy atom. The Hall–Kier alpha value is -5.86. The van der Waals surface area contributed by atoms with Gasteiger partial charge in [-0.15, -0.1) is 0 Å². The standard InChI is InChI=1S/C45H34N2/c1-45(2)41-19-11-9-17-37(41)39-30-36(26-27-42(39)45)46(33-13-5-3-6-14-33)35-24-21-31(22-25-35)32-23-28-44-40(29-32)38-18-10-12-20-43(38)47(44)34-15-7-4-8-16-34/h3-30H,1-2H3. The van der Waals surface area contributed by atoms with Crippen molar-refractivity contribution in [2.24, 2.45) is 0 Å². The number of rotatable bonds is 5. The van der Waals surface area contributed by atoms with Crippen LogP contribution in [0, 0.1) is 0 Å². The zero-order chi connectivity index (χ0) is 31.5. The summed E-state index contributed by atoms with van der Waals surface area (Å²) < 4.78 is 2.37. The molecule has 0 fully saturated rings. The van der Waals surface area contributed by atoms with Crippen LogP contribution in [-0.2, 0) is 5.41 Å². The number of benzene rings is 7. The van der Waals surface area contributed by atoms with Gasteiger partial charge in [-0.25, -0.2) is 0 Å². The zero-order valence-corrected chi connectivity index (χ0v) is 26.6. The fourth-order valence-corrected chi connectivity index (χ4v) is 7.68. The Morgan fingerprint density at radius 1 is 0.426 bits per heavy atom. The average Bonchev–Trinajstić information content (AvgIpc) is 3.58. The summed E-state index contributed by atoms with van der Waals surface area (Å²) in [5.74, 6) is 0. The van der Waals surface area contributed by atoms with Gasteiger partial charge >= 0.3 is 0 Å². The molecule has 47 heavy (non-hydrogen) atoms. The van der Waals surface area contributed by atoms with E-state index >= 15 is 0 Å². The molecule has 224 valence electrons. The maximum absolute atomic E-state index is 2.38. The molecule has 8 aromatic rings. The molecule has 2 nitrogen and oxygen atoms in total. The Bertz CT molecular complexity index is 2420. The molecular formula is C45H34N2. The van der Waals surface area contributed by atoms with E-state index in [1.54, 1.807) is 0 Å². The van der Waals surface area contributed by atoms with Crippen molar-refractivity contribution >= 4 is 38.9 Å². The van der Waals surface area contributed by atoms with Gasteiger partial charge in [0.1, 0.15) is 0 Å². The fraction of sp³-hybridized carbons (Fsp3) is 0.0667. The lowest BCUT2D eigenvalue weighted by Gasteiger charge is -2.27. The number of anilines is 3. The van der Waals surface area contributed by atoms with Crippen molar-refractivity contribution < 1.29 is 0 Å². The summed E-state index contributed by atoms with van der Waals surface area (Å²) in [7, 11) is 0. The second-order valence-corrected chi connectivity index (χ2v) is 13.0. The molecule has 0 amide bonds. The minimum atomic E-state index is -0.0157. The number of hydrogen-bond acceptors (Lipinski definition) is 1. The lowest BCUT2D eigenvalue weighted by atomic mass is 9.82. The van der Waals surface area contributed by atoms with Gasteiger partial charge in [0.2, 0.25) is 0 Å². The topological polar surface area (TPSA) is 8.17 Å². The van der Waals surface area contributed by atoms with Gasteiger partial charge in [0.15, 0.2) is 0 Å². The summed E-state index contributed by atoms with van der Waals surface area (Å²) in [4.78, 5) is 2.37. The lowest BCUT2D eigenvalue weighted by Crippen LogP contribution is -2.15. The van der Waals surface area contributed by atoms with E-state index < -0.39 is 0 Å². The Labute approximate surface area is 275 Å². The van der Waals surface area contributed by atoms with Crippen molar-refractivity contribution in [3.63, 3.8) is 0 Å².